The van der Waals surface area contributed by atoms with E-state index in [0.717, 1.165) is 31.5 Å². The van der Waals surface area contributed by atoms with Crippen molar-refractivity contribution in [3.8, 4) is 0 Å². The van der Waals surface area contributed by atoms with Gasteiger partial charge in [0.1, 0.15) is 0 Å². The molecule has 0 atom stereocenters. The Labute approximate surface area is 119 Å². The lowest BCUT2D eigenvalue weighted by atomic mass is 10.0. The zero-order valence-corrected chi connectivity index (χ0v) is 11.8. The summed E-state index contributed by atoms with van der Waals surface area (Å²) in [6.07, 6.45) is 1.70. The second-order valence-corrected chi connectivity index (χ2v) is 5.36. The van der Waals surface area contributed by atoms with Crippen molar-refractivity contribution in [2.75, 3.05) is 19.6 Å². The van der Waals surface area contributed by atoms with Gasteiger partial charge in [-0.2, -0.15) is 0 Å². The molecule has 20 heavy (non-hydrogen) atoms. The smallest absolute Gasteiger partial charge is 0.251 e. The normalized spacial score (nSPS) is 16.9. The topological polar surface area (TPSA) is 75.4 Å². The minimum Gasteiger partial charge on any atom is -0.369 e. The van der Waals surface area contributed by atoms with E-state index in [4.69, 9.17) is 5.73 Å². The van der Waals surface area contributed by atoms with Gasteiger partial charge in [0.15, 0.2) is 0 Å². The molecule has 5 heteroatoms. The fourth-order valence-electron chi connectivity index (χ4n) is 2.43. The molecule has 0 aromatic heterocycles. The predicted molar refractivity (Wildman–Crippen MR) is 77.3 cm³/mol. The highest BCUT2D eigenvalue weighted by molar-refractivity contribution is 5.94. The number of carbonyl (C=O) groups is 2. The molecule has 1 saturated heterocycles. The third-order valence-electron chi connectivity index (χ3n) is 3.62. The van der Waals surface area contributed by atoms with Gasteiger partial charge < -0.3 is 11.1 Å². The number of hydrogen-bond acceptors (Lipinski definition) is 3. The van der Waals surface area contributed by atoms with Crippen molar-refractivity contribution < 1.29 is 9.59 Å². The maximum absolute atomic E-state index is 12.1. The van der Waals surface area contributed by atoms with Gasteiger partial charge in [0.2, 0.25) is 5.91 Å². The molecule has 1 aromatic carbocycles. The van der Waals surface area contributed by atoms with Crippen molar-refractivity contribution in [2.24, 2.45) is 5.73 Å². The summed E-state index contributed by atoms with van der Waals surface area (Å²) >= 11 is 0. The van der Waals surface area contributed by atoms with Crippen LogP contribution in [0.3, 0.4) is 0 Å². The summed E-state index contributed by atoms with van der Waals surface area (Å²) in [4.78, 5) is 25.0. The van der Waals surface area contributed by atoms with Crippen LogP contribution in [-0.2, 0) is 4.79 Å². The lowest BCUT2D eigenvalue weighted by molar-refractivity contribution is -0.119. The fourth-order valence-corrected chi connectivity index (χ4v) is 2.43. The molecule has 0 aliphatic carbocycles. The molecule has 0 unspecified atom stereocenters. The average Bonchev–Trinajstić information content (AvgIpc) is 2.41. The Kier molecular flexibility index (Phi) is 4.74. The highest BCUT2D eigenvalue weighted by Crippen LogP contribution is 2.11. The average molecular weight is 275 g/mol. The van der Waals surface area contributed by atoms with Crippen LogP contribution in [0, 0.1) is 6.92 Å². The molecule has 0 radical (unpaired) electrons. The number of rotatable bonds is 4. The van der Waals surface area contributed by atoms with E-state index in [1.54, 1.807) is 0 Å². The standard InChI is InChI=1S/C15H21N3O2/c1-11-2-4-12(5-3-11)15(20)17-13-6-8-18(9-7-13)10-14(16)19/h2-5,13H,6-10H2,1H3,(H2,16,19)(H,17,20). The van der Waals surface area contributed by atoms with Gasteiger partial charge in [-0.05, 0) is 31.9 Å². The Morgan fingerprint density at radius 1 is 1.25 bits per heavy atom. The van der Waals surface area contributed by atoms with Gasteiger partial charge >= 0.3 is 0 Å². The van der Waals surface area contributed by atoms with E-state index in [0.29, 0.717) is 12.1 Å². The van der Waals surface area contributed by atoms with Crippen LogP contribution in [0.1, 0.15) is 28.8 Å². The monoisotopic (exact) mass is 275 g/mol. The number of carbonyl (C=O) groups excluding carboxylic acids is 2. The van der Waals surface area contributed by atoms with Crippen LogP contribution in [0.2, 0.25) is 0 Å². The first kappa shape index (κ1) is 14.5. The van der Waals surface area contributed by atoms with Gasteiger partial charge in [-0.25, -0.2) is 0 Å². The number of nitrogens with one attached hydrogen (secondary N) is 1. The predicted octanol–water partition coefficient (Wildman–Crippen LogP) is 0.675. The second kappa shape index (κ2) is 6.52. The third kappa shape index (κ3) is 4.06. The molecule has 1 fully saturated rings. The van der Waals surface area contributed by atoms with Crippen molar-refractivity contribution >= 4 is 11.8 Å². The zero-order valence-electron chi connectivity index (χ0n) is 11.8. The maximum Gasteiger partial charge on any atom is 0.251 e. The Morgan fingerprint density at radius 2 is 1.85 bits per heavy atom. The van der Waals surface area contributed by atoms with E-state index >= 15 is 0 Å². The van der Waals surface area contributed by atoms with Crippen molar-refractivity contribution in [3.63, 3.8) is 0 Å². The molecule has 1 heterocycles. The van der Waals surface area contributed by atoms with Gasteiger partial charge in [-0.3, -0.25) is 14.5 Å². The lowest BCUT2D eigenvalue weighted by Gasteiger charge is -2.31. The first-order valence-electron chi connectivity index (χ1n) is 6.93. The summed E-state index contributed by atoms with van der Waals surface area (Å²) in [7, 11) is 0. The van der Waals surface area contributed by atoms with Crippen LogP contribution in [0.25, 0.3) is 0 Å². The van der Waals surface area contributed by atoms with Crippen LogP contribution in [-0.4, -0.2) is 42.4 Å². The molecular weight excluding hydrogens is 254 g/mol. The summed E-state index contributed by atoms with van der Waals surface area (Å²) in [6, 6.07) is 7.72. The van der Waals surface area contributed by atoms with E-state index in [-0.39, 0.29) is 17.9 Å². The number of primary amides is 1. The molecule has 0 saturated carbocycles. The molecule has 3 N–H and O–H groups in total. The summed E-state index contributed by atoms with van der Waals surface area (Å²) in [5.74, 6) is -0.328. The highest BCUT2D eigenvalue weighted by Gasteiger charge is 2.21. The SMILES string of the molecule is Cc1ccc(C(=O)NC2CCN(CC(N)=O)CC2)cc1. The fraction of sp³-hybridized carbons (Fsp3) is 0.467. The maximum atomic E-state index is 12.1. The molecular formula is C15H21N3O2. The van der Waals surface area contributed by atoms with E-state index in [1.165, 1.54) is 0 Å². The van der Waals surface area contributed by atoms with Crippen LogP contribution in [0.4, 0.5) is 0 Å². The minimum atomic E-state index is -0.299. The van der Waals surface area contributed by atoms with Gasteiger partial charge in [0, 0.05) is 24.7 Å². The van der Waals surface area contributed by atoms with Gasteiger partial charge in [-0.15, -0.1) is 0 Å². The summed E-state index contributed by atoms with van der Waals surface area (Å²) in [5.41, 5.74) is 7.01. The number of benzene rings is 1. The van der Waals surface area contributed by atoms with Gasteiger partial charge in [0.25, 0.3) is 5.91 Å². The number of aryl methyl sites for hydroxylation is 1. The second-order valence-electron chi connectivity index (χ2n) is 5.36. The van der Waals surface area contributed by atoms with Crippen molar-refractivity contribution in [1.29, 1.82) is 0 Å². The molecule has 0 bridgehead atoms. The first-order valence-corrected chi connectivity index (χ1v) is 6.93. The van der Waals surface area contributed by atoms with E-state index in [1.807, 2.05) is 36.1 Å². The Hall–Kier alpha value is -1.88. The molecule has 108 valence electrons. The number of piperidine rings is 1. The van der Waals surface area contributed by atoms with Crippen molar-refractivity contribution in [1.82, 2.24) is 10.2 Å². The molecule has 2 amide bonds. The highest BCUT2D eigenvalue weighted by atomic mass is 16.2. The summed E-state index contributed by atoms with van der Waals surface area (Å²) < 4.78 is 0. The largest absolute Gasteiger partial charge is 0.369 e. The Bertz CT molecular complexity index is 476. The van der Waals surface area contributed by atoms with Crippen LogP contribution in [0.5, 0.6) is 0 Å². The quantitative estimate of drug-likeness (QED) is 0.848. The number of nitrogens with two attached hydrogens (primary N) is 1. The minimum absolute atomic E-state index is 0.0293. The Morgan fingerprint density at radius 3 is 2.40 bits per heavy atom. The van der Waals surface area contributed by atoms with Crippen LogP contribution in [0.15, 0.2) is 24.3 Å². The number of nitrogens with zero attached hydrogens (tertiary/aromatic N) is 1. The molecule has 1 aliphatic rings. The van der Waals surface area contributed by atoms with E-state index < -0.39 is 0 Å². The molecule has 1 aromatic rings. The molecule has 2 rings (SSSR count). The van der Waals surface area contributed by atoms with E-state index in [9.17, 15) is 9.59 Å². The summed E-state index contributed by atoms with van der Waals surface area (Å²) in [5, 5.41) is 3.05. The van der Waals surface area contributed by atoms with Crippen molar-refractivity contribution in [3.05, 3.63) is 35.4 Å². The number of hydrogen-bond donors (Lipinski definition) is 2. The lowest BCUT2D eigenvalue weighted by Crippen LogP contribution is -2.46. The van der Waals surface area contributed by atoms with E-state index in [2.05, 4.69) is 5.32 Å². The number of amides is 2. The van der Waals surface area contributed by atoms with Crippen molar-refractivity contribution in [2.45, 2.75) is 25.8 Å². The zero-order chi connectivity index (χ0) is 14.5. The molecule has 1 aliphatic heterocycles. The Balaban J connectivity index is 1.82. The van der Waals surface area contributed by atoms with Gasteiger partial charge in [-0.1, -0.05) is 17.7 Å². The third-order valence-corrected chi connectivity index (χ3v) is 3.62. The molecule has 5 nitrogen and oxygen atoms in total. The van der Waals surface area contributed by atoms with Crippen LogP contribution < -0.4 is 11.1 Å². The van der Waals surface area contributed by atoms with Gasteiger partial charge in [0.05, 0.1) is 6.54 Å². The first-order chi connectivity index (χ1) is 9.54. The van der Waals surface area contributed by atoms with Crippen LogP contribution >= 0.6 is 0 Å². The number of likely N-dealkylation sites (tertiary alicyclic amines) is 1. The summed E-state index contributed by atoms with van der Waals surface area (Å²) in [6.45, 7) is 3.89. The molecule has 0 spiro atoms.